The fraction of sp³-hybridized carbons (Fsp3) is 0. The monoisotopic (exact) mass is 260 g/mol. The lowest BCUT2D eigenvalue weighted by Gasteiger charge is -2.03. The second-order valence-corrected chi connectivity index (χ2v) is 4.31. The first-order valence-electron chi connectivity index (χ1n) is 5.25. The van der Waals surface area contributed by atoms with E-state index in [1.54, 1.807) is 30.3 Å². The summed E-state index contributed by atoms with van der Waals surface area (Å²) in [6, 6.07) is 9.94. The summed E-state index contributed by atoms with van der Waals surface area (Å²) in [6.45, 7) is 0. The zero-order valence-corrected chi connectivity index (χ0v) is 9.96. The van der Waals surface area contributed by atoms with Gasteiger partial charge in [-0.2, -0.15) is 0 Å². The van der Waals surface area contributed by atoms with Crippen molar-refractivity contribution in [1.29, 1.82) is 0 Å². The van der Waals surface area contributed by atoms with Gasteiger partial charge >= 0.3 is 0 Å². The molecule has 0 aliphatic rings. The van der Waals surface area contributed by atoms with Crippen molar-refractivity contribution in [3.8, 4) is 11.4 Å². The third-order valence-corrected chi connectivity index (χ3v) is 2.79. The lowest BCUT2D eigenvalue weighted by Crippen LogP contribution is -2.00. The van der Waals surface area contributed by atoms with Gasteiger partial charge in [-0.3, -0.25) is 0 Å². The van der Waals surface area contributed by atoms with Gasteiger partial charge < -0.3 is 10.8 Å². The van der Waals surface area contributed by atoms with Gasteiger partial charge in [0.2, 0.25) is 0 Å². The highest BCUT2D eigenvalue weighted by Crippen LogP contribution is 2.24. The Morgan fingerprint density at radius 3 is 2.67 bits per heavy atom. The standard InChI is InChI=1S/C12H9ClN4O/c13-7-1-3-9-10(5-7)16-17(15-9)11-6-8(14)2-4-12(11)18/h1-6,18H,14H2. The highest BCUT2D eigenvalue weighted by molar-refractivity contribution is 6.31. The maximum Gasteiger partial charge on any atom is 0.143 e. The second-order valence-electron chi connectivity index (χ2n) is 3.87. The molecule has 0 fully saturated rings. The molecule has 2 aromatic carbocycles. The molecular weight excluding hydrogens is 252 g/mol. The first-order valence-corrected chi connectivity index (χ1v) is 5.63. The molecule has 0 atom stereocenters. The van der Waals surface area contributed by atoms with E-state index in [1.165, 1.54) is 10.9 Å². The van der Waals surface area contributed by atoms with Gasteiger partial charge in [0, 0.05) is 10.7 Å². The van der Waals surface area contributed by atoms with Crippen molar-refractivity contribution < 1.29 is 5.11 Å². The number of aromatic hydroxyl groups is 1. The quantitative estimate of drug-likeness (QED) is 0.520. The molecule has 0 saturated carbocycles. The summed E-state index contributed by atoms with van der Waals surface area (Å²) < 4.78 is 0. The van der Waals surface area contributed by atoms with Crippen LogP contribution < -0.4 is 5.73 Å². The van der Waals surface area contributed by atoms with Gasteiger partial charge in [0.05, 0.1) is 0 Å². The zero-order chi connectivity index (χ0) is 12.7. The number of nitrogen functional groups attached to an aromatic ring is 1. The van der Waals surface area contributed by atoms with Crippen LogP contribution in [-0.2, 0) is 0 Å². The van der Waals surface area contributed by atoms with Crippen LogP contribution in [0.4, 0.5) is 5.69 Å². The third-order valence-electron chi connectivity index (χ3n) is 2.56. The number of benzene rings is 2. The minimum absolute atomic E-state index is 0.0654. The lowest BCUT2D eigenvalue weighted by molar-refractivity contribution is 0.468. The Morgan fingerprint density at radius 2 is 1.83 bits per heavy atom. The van der Waals surface area contributed by atoms with Crippen LogP contribution in [0.5, 0.6) is 5.75 Å². The third kappa shape index (κ3) is 1.74. The number of phenolic OH excluding ortho intramolecular Hbond substituents is 1. The molecule has 18 heavy (non-hydrogen) atoms. The smallest absolute Gasteiger partial charge is 0.143 e. The van der Waals surface area contributed by atoms with E-state index < -0.39 is 0 Å². The van der Waals surface area contributed by atoms with Gasteiger partial charge in [0.1, 0.15) is 22.5 Å². The second kappa shape index (κ2) is 3.89. The van der Waals surface area contributed by atoms with Crippen molar-refractivity contribution in [2.75, 3.05) is 5.73 Å². The van der Waals surface area contributed by atoms with E-state index in [2.05, 4.69) is 10.2 Å². The number of phenols is 1. The Kier molecular flexibility index (Phi) is 2.34. The number of hydrogen-bond acceptors (Lipinski definition) is 4. The summed E-state index contributed by atoms with van der Waals surface area (Å²) in [5, 5.41) is 18.9. The van der Waals surface area contributed by atoms with E-state index in [0.717, 1.165) is 0 Å². The van der Waals surface area contributed by atoms with Crippen LogP contribution in [0.25, 0.3) is 16.7 Å². The fourth-order valence-corrected chi connectivity index (χ4v) is 1.86. The predicted molar refractivity (Wildman–Crippen MR) is 70.0 cm³/mol. The van der Waals surface area contributed by atoms with E-state index in [9.17, 15) is 5.11 Å². The van der Waals surface area contributed by atoms with Crippen LogP contribution >= 0.6 is 11.6 Å². The van der Waals surface area contributed by atoms with E-state index >= 15 is 0 Å². The number of fused-ring (bicyclic) bond motifs is 1. The SMILES string of the molecule is Nc1ccc(O)c(-n2nc3ccc(Cl)cc3n2)c1. The van der Waals surface area contributed by atoms with Crippen LogP contribution in [0.2, 0.25) is 5.02 Å². The van der Waals surface area contributed by atoms with Gasteiger partial charge in [-0.25, -0.2) is 0 Å². The van der Waals surface area contributed by atoms with Gasteiger partial charge in [-0.15, -0.1) is 15.0 Å². The molecule has 0 amide bonds. The summed E-state index contributed by atoms with van der Waals surface area (Å²) >= 11 is 5.88. The largest absolute Gasteiger partial charge is 0.506 e. The van der Waals surface area contributed by atoms with Crippen molar-refractivity contribution in [1.82, 2.24) is 15.0 Å². The molecule has 0 bridgehead atoms. The minimum Gasteiger partial charge on any atom is -0.506 e. The number of rotatable bonds is 1. The first kappa shape index (κ1) is 10.9. The molecule has 5 nitrogen and oxygen atoms in total. The number of nitrogens with zero attached hydrogens (tertiary/aromatic N) is 3. The maximum atomic E-state index is 9.79. The normalized spacial score (nSPS) is 10.9. The lowest BCUT2D eigenvalue weighted by atomic mass is 10.2. The fourth-order valence-electron chi connectivity index (χ4n) is 1.70. The van der Waals surface area contributed by atoms with Crippen molar-refractivity contribution in [2.45, 2.75) is 0 Å². The topological polar surface area (TPSA) is 77.0 Å². The van der Waals surface area contributed by atoms with E-state index in [4.69, 9.17) is 17.3 Å². The Balaban J connectivity index is 2.22. The molecule has 1 aromatic heterocycles. The molecule has 6 heteroatoms. The van der Waals surface area contributed by atoms with Gasteiger partial charge in [0.25, 0.3) is 0 Å². The van der Waals surface area contributed by atoms with Gasteiger partial charge in [0.15, 0.2) is 0 Å². The first-order chi connectivity index (χ1) is 8.63. The maximum absolute atomic E-state index is 9.79. The summed E-state index contributed by atoms with van der Waals surface area (Å²) in [5.74, 6) is 0.0654. The van der Waals surface area contributed by atoms with Crippen LogP contribution in [0, 0.1) is 0 Å². The number of nitrogens with two attached hydrogens (primary N) is 1. The Morgan fingerprint density at radius 1 is 1.06 bits per heavy atom. The molecule has 0 spiro atoms. The van der Waals surface area contributed by atoms with Crippen LogP contribution in [0.15, 0.2) is 36.4 Å². The summed E-state index contributed by atoms with van der Waals surface area (Å²) in [7, 11) is 0. The van der Waals surface area contributed by atoms with E-state index in [-0.39, 0.29) is 5.75 Å². The Hall–Kier alpha value is -2.27. The summed E-state index contributed by atoms with van der Waals surface area (Å²) in [6.07, 6.45) is 0. The Bertz CT molecular complexity index is 738. The molecule has 3 N–H and O–H groups in total. The van der Waals surface area contributed by atoms with Crippen molar-refractivity contribution in [3.63, 3.8) is 0 Å². The van der Waals surface area contributed by atoms with Gasteiger partial charge in [-0.05, 0) is 36.4 Å². The molecule has 90 valence electrons. The summed E-state index contributed by atoms with van der Waals surface area (Å²) in [5.41, 5.74) is 8.00. The molecule has 0 aliphatic heterocycles. The van der Waals surface area contributed by atoms with E-state index in [0.29, 0.717) is 27.4 Å². The summed E-state index contributed by atoms with van der Waals surface area (Å²) in [4.78, 5) is 1.34. The molecule has 1 heterocycles. The number of anilines is 1. The number of aromatic nitrogens is 3. The van der Waals surface area contributed by atoms with Crippen LogP contribution in [-0.4, -0.2) is 20.1 Å². The van der Waals surface area contributed by atoms with Crippen LogP contribution in [0.3, 0.4) is 0 Å². The van der Waals surface area contributed by atoms with Crippen LogP contribution in [0.1, 0.15) is 0 Å². The van der Waals surface area contributed by atoms with E-state index in [1.807, 2.05) is 0 Å². The highest BCUT2D eigenvalue weighted by Gasteiger charge is 2.09. The molecule has 0 radical (unpaired) electrons. The van der Waals surface area contributed by atoms with Crippen molar-refractivity contribution in [2.24, 2.45) is 0 Å². The van der Waals surface area contributed by atoms with Gasteiger partial charge in [-0.1, -0.05) is 11.6 Å². The predicted octanol–water partition coefficient (Wildman–Crippen LogP) is 2.36. The Labute approximate surface area is 107 Å². The zero-order valence-electron chi connectivity index (χ0n) is 9.21. The highest BCUT2D eigenvalue weighted by atomic mass is 35.5. The average Bonchev–Trinajstić information content (AvgIpc) is 2.74. The number of hydrogen-bond donors (Lipinski definition) is 2. The van der Waals surface area contributed by atoms with Crippen molar-refractivity contribution >= 4 is 28.3 Å². The number of halogens is 1. The molecule has 3 aromatic rings. The minimum atomic E-state index is 0.0654. The molecule has 3 rings (SSSR count). The molecular formula is C12H9ClN4O. The molecule has 0 aliphatic carbocycles. The molecule has 0 saturated heterocycles. The van der Waals surface area contributed by atoms with Crippen molar-refractivity contribution in [3.05, 3.63) is 41.4 Å². The average molecular weight is 261 g/mol. The molecule has 0 unspecified atom stereocenters.